The number of rotatable bonds is 7. The molecule has 1 saturated carbocycles. The quantitative estimate of drug-likeness (QED) is 0.826. The number of hydrogen-bond acceptors (Lipinski definition) is 3. The van der Waals surface area contributed by atoms with Crippen LogP contribution in [0.5, 0.6) is 0 Å². The van der Waals surface area contributed by atoms with Crippen molar-refractivity contribution in [2.75, 3.05) is 26.7 Å². The fourth-order valence-corrected chi connectivity index (χ4v) is 4.32. The summed E-state index contributed by atoms with van der Waals surface area (Å²) < 4.78 is 0. The van der Waals surface area contributed by atoms with Crippen LogP contribution in [0.2, 0.25) is 0 Å². The topological polar surface area (TPSA) is 15.3 Å². The lowest BCUT2D eigenvalue weighted by atomic mass is 9.84. The summed E-state index contributed by atoms with van der Waals surface area (Å²) in [5.41, 5.74) is 0.454. The van der Waals surface area contributed by atoms with Gasteiger partial charge < -0.3 is 10.2 Å². The maximum atomic E-state index is 3.74. The normalized spacial score (nSPS) is 25.4. The summed E-state index contributed by atoms with van der Waals surface area (Å²) in [6.45, 7) is 10.6. The minimum Gasteiger partial charge on any atom is -0.313 e. The molecule has 0 radical (unpaired) electrons. The smallest absolute Gasteiger partial charge is 0.0159 e. The van der Waals surface area contributed by atoms with Gasteiger partial charge in [-0.2, -0.15) is 0 Å². The molecule has 2 rings (SSSR count). The van der Waals surface area contributed by atoms with E-state index in [0.29, 0.717) is 11.5 Å². The van der Waals surface area contributed by atoms with Gasteiger partial charge in [0.05, 0.1) is 0 Å². The van der Waals surface area contributed by atoms with Crippen molar-refractivity contribution in [2.24, 2.45) is 11.3 Å². The Morgan fingerprint density at radius 2 is 2.25 bits per heavy atom. The highest BCUT2D eigenvalue weighted by Crippen LogP contribution is 2.41. The van der Waals surface area contributed by atoms with Crippen LogP contribution in [0.3, 0.4) is 0 Å². The van der Waals surface area contributed by atoms with Gasteiger partial charge in [0, 0.05) is 24.0 Å². The Bertz CT molecular complexity index is 386. The second-order valence-corrected chi connectivity index (χ2v) is 7.95. The number of thiophene rings is 1. The molecule has 1 aromatic heterocycles. The van der Waals surface area contributed by atoms with E-state index in [1.165, 1.54) is 37.2 Å². The zero-order valence-corrected chi connectivity index (χ0v) is 14.3. The van der Waals surface area contributed by atoms with Crippen molar-refractivity contribution < 1.29 is 0 Å². The maximum absolute atomic E-state index is 3.74. The Morgan fingerprint density at radius 3 is 2.90 bits per heavy atom. The molecule has 0 aromatic carbocycles. The molecule has 1 aliphatic carbocycles. The Labute approximate surface area is 128 Å². The summed E-state index contributed by atoms with van der Waals surface area (Å²) in [6, 6.07) is 5.08. The van der Waals surface area contributed by atoms with Gasteiger partial charge in [0.25, 0.3) is 0 Å². The molecule has 3 heteroatoms. The SMILES string of the molecule is CCNC1C(CN(C)CCc2cccs2)CCC1(C)C. The average molecular weight is 295 g/mol. The summed E-state index contributed by atoms with van der Waals surface area (Å²) in [6.07, 6.45) is 3.91. The summed E-state index contributed by atoms with van der Waals surface area (Å²) in [4.78, 5) is 4.03. The first-order valence-electron chi connectivity index (χ1n) is 7.97. The van der Waals surface area contributed by atoms with Crippen molar-refractivity contribution in [1.82, 2.24) is 10.2 Å². The van der Waals surface area contributed by atoms with E-state index in [0.717, 1.165) is 12.5 Å². The fourth-order valence-electron chi connectivity index (χ4n) is 3.62. The van der Waals surface area contributed by atoms with Crippen LogP contribution in [0.4, 0.5) is 0 Å². The van der Waals surface area contributed by atoms with E-state index in [4.69, 9.17) is 0 Å². The first-order valence-corrected chi connectivity index (χ1v) is 8.85. The molecule has 1 aromatic rings. The Kier molecular flexibility index (Phi) is 5.65. The summed E-state index contributed by atoms with van der Waals surface area (Å²) in [7, 11) is 2.28. The molecule has 0 spiro atoms. The van der Waals surface area contributed by atoms with Crippen LogP contribution in [-0.4, -0.2) is 37.6 Å². The van der Waals surface area contributed by atoms with E-state index in [2.05, 4.69) is 55.5 Å². The Hall–Kier alpha value is -0.380. The lowest BCUT2D eigenvalue weighted by molar-refractivity contribution is 0.206. The van der Waals surface area contributed by atoms with Gasteiger partial charge in [-0.3, -0.25) is 0 Å². The molecule has 1 heterocycles. The highest BCUT2D eigenvalue weighted by Gasteiger charge is 2.41. The maximum Gasteiger partial charge on any atom is 0.0159 e. The summed E-state index contributed by atoms with van der Waals surface area (Å²) >= 11 is 1.88. The van der Waals surface area contributed by atoms with Gasteiger partial charge >= 0.3 is 0 Å². The minimum atomic E-state index is 0.454. The van der Waals surface area contributed by atoms with Crippen LogP contribution in [0.25, 0.3) is 0 Å². The van der Waals surface area contributed by atoms with Gasteiger partial charge in [0.2, 0.25) is 0 Å². The number of nitrogens with one attached hydrogen (secondary N) is 1. The third kappa shape index (κ3) is 4.06. The van der Waals surface area contributed by atoms with Crippen LogP contribution in [-0.2, 0) is 6.42 Å². The van der Waals surface area contributed by atoms with Gasteiger partial charge in [0.1, 0.15) is 0 Å². The largest absolute Gasteiger partial charge is 0.313 e. The molecule has 1 aliphatic rings. The predicted molar refractivity (Wildman–Crippen MR) is 89.5 cm³/mol. The molecule has 1 fully saturated rings. The highest BCUT2D eigenvalue weighted by atomic mass is 32.1. The van der Waals surface area contributed by atoms with Gasteiger partial charge in [-0.25, -0.2) is 0 Å². The second kappa shape index (κ2) is 7.06. The molecule has 1 N–H and O–H groups in total. The van der Waals surface area contributed by atoms with Crippen molar-refractivity contribution in [1.29, 1.82) is 0 Å². The molecular formula is C17H30N2S. The van der Waals surface area contributed by atoms with Crippen molar-refractivity contribution >= 4 is 11.3 Å². The van der Waals surface area contributed by atoms with Gasteiger partial charge in [-0.05, 0) is 55.6 Å². The van der Waals surface area contributed by atoms with E-state index in [1.807, 2.05) is 11.3 Å². The third-order valence-electron chi connectivity index (χ3n) is 4.76. The Morgan fingerprint density at radius 1 is 1.45 bits per heavy atom. The molecule has 20 heavy (non-hydrogen) atoms. The zero-order valence-electron chi connectivity index (χ0n) is 13.5. The average Bonchev–Trinajstić information content (AvgIpc) is 2.99. The first-order chi connectivity index (χ1) is 9.53. The standard InChI is InChI=1S/C17H30N2S/c1-5-18-16-14(8-10-17(16,2)3)13-19(4)11-9-15-7-6-12-20-15/h6-7,12,14,16,18H,5,8-11,13H2,1-4H3. The van der Waals surface area contributed by atoms with Crippen LogP contribution < -0.4 is 5.32 Å². The van der Waals surface area contributed by atoms with Crippen LogP contribution in [0.15, 0.2) is 17.5 Å². The zero-order chi connectivity index (χ0) is 14.6. The van der Waals surface area contributed by atoms with Crippen molar-refractivity contribution in [3.8, 4) is 0 Å². The van der Waals surface area contributed by atoms with Crippen LogP contribution in [0, 0.1) is 11.3 Å². The van der Waals surface area contributed by atoms with E-state index in [9.17, 15) is 0 Å². The van der Waals surface area contributed by atoms with Crippen molar-refractivity contribution in [3.05, 3.63) is 22.4 Å². The van der Waals surface area contributed by atoms with E-state index < -0.39 is 0 Å². The molecule has 114 valence electrons. The molecule has 2 atom stereocenters. The molecule has 2 nitrogen and oxygen atoms in total. The fraction of sp³-hybridized carbons (Fsp3) is 0.765. The third-order valence-corrected chi connectivity index (χ3v) is 5.70. The van der Waals surface area contributed by atoms with Crippen LogP contribution >= 0.6 is 11.3 Å². The van der Waals surface area contributed by atoms with Crippen LogP contribution in [0.1, 0.15) is 38.5 Å². The number of likely N-dealkylation sites (N-methyl/N-ethyl adjacent to an activating group) is 1. The van der Waals surface area contributed by atoms with Crippen molar-refractivity contribution in [3.63, 3.8) is 0 Å². The van der Waals surface area contributed by atoms with Gasteiger partial charge in [0.15, 0.2) is 0 Å². The lowest BCUT2D eigenvalue weighted by Gasteiger charge is -2.33. The summed E-state index contributed by atoms with van der Waals surface area (Å²) in [5.74, 6) is 0.804. The number of hydrogen-bond donors (Lipinski definition) is 1. The van der Waals surface area contributed by atoms with Crippen molar-refractivity contribution in [2.45, 2.75) is 46.1 Å². The van der Waals surface area contributed by atoms with Gasteiger partial charge in [-0.15, -0.1) is 11.3 Å². The summed E-state index contributed by atoms with van der Waals surface area (Å²) in [5, 5.41) is 5.91. The van der Waals surface area contributed by atoms with E-state index in [1.54, 1.807) is 0 Å². The number of nitrogens with zero attached hydrogens (tertiary/aromatic N) is 1. The monoisotopic (exact) mass is 294 g/mol. The molecular weight excluding hydrogens is 264 g/mol. The first kappa shape index (κ1) is 16.0. The lowest BCUT2D eigenvalue weighted by Crippen LogP contribution is -2.45. The molecule has 0 aliphatic heterocycles. The second-order valence-electron chi connectivity index (χ2n) is 6.91. The predicted octanol–water partition coefficient (Wildman–Crippen LogP) is 3.64. The minimum absolute atomic E-state index is 0.454. The van der Waals surface area contributed by atoms with E-state index >= 15 is 0 Å². The Balaban J connectivity index is 1.82. The highest BCUT2D eigenvalue weighted by molar-refractivity contribution is 7.09. The molecule has 0 amide bonds. The molecule has 0 bridgehead atoms. The van der Waals surface area contributed by atoms with E-state index in [-0.39, 0.29) is 0 Å². The van der Waals surface area contributed by atoms with Gasteiger partial charge in [-0.1, -0.05) is 26.8 Å². The molecule has 0 saturated heterocycles. The molecule has 2 unspecified atom stereocenters.